The molecule has 0 unspecified atom stereocenters. The number of rotatable bonds is 1. The van der Waals surface area contributed by atoms with Crippen LogP contribution in [-0.2, 0) is 0 Å². The fraction of sp³-hybridized carbons (Fsp3) is 0. The number of H-pyrrole nitrogens is 1. The number of nitrogens with zero attached hydrogens (tertiary/aromatic N) is 3. The van der Waals surface area contributed by atoms with Crippen LogP contribution in [0.2, 0.25) is 0 Å². The lowest BCUT2D eigenvalue weighted by Gasteiger charge is -2.06. The van der Waals surface area contributed by atoms with E-state index >= 15 is 0 Å². The number of aromatic nitrogens is 4. The number of hydrogen-bond donors (Lipinski definition) is 1. The Hall–Kier alpha value is -2.32. The molecule has 0 atom stereocenters. The van der Waals surface area contributed by atoms with Crippen LogP contribution in [0.5, 0.6) is 0 Å². The van der Waals surface area contributed by atoms with Crippen LogP contribution in [0.15, 0.2) is 50.2 Å². The van der Waals surface area contributed by atoms with Crippen LogP contribution in [-0.4, -0.2) is 19.5 Å². The highest BCUT2D eigenvalue weighted by Crippen LogP contribution is 2.25. The van der Waals surface area contributed by atoms with E-state index in [9.17, 15) is 9.59 Å². The van der Waals surface area contributed by atoms with E-state index in [1.165, 1.54) is 17.5 Å². The second kappa shape index (κ2) is 4.85. The minimum atomic E-state index is -0.511. The van der Waals surface area contributed by atoms with E-state index in [0.717, 1.165) is 13.7 Å². The van der Waals surface area contributed by atoms with Crippen molar-refractivity contribution in [2.45, 2.75) is 0 Å². The first-order valence-electron chi connectivity index (χ1n) is 6.28. The van der Waals surface area contributed by atoms with Gasteiger partial charge in [-0.3, -0.25) is 14.8 Å². The van der Waals surface area contributed by atoms with E-state index in [-0.39, 0.29) is 5.56 Å². The fourth-order valence-electron chi connectivity index (χ4n) is 2.35. The Morgan fingerprint density at radius 1 is 1.27 bits per heavy atom. The molecule has 0 fully saturated rings. The standard InChI is InChI=1S/C14H7BrN4O2S/c15-10-4-8-12(22-10)13(20)19(14(21)18-8)9-6-16-5-7-2-1-3-17-11(7)9/h1-6H,(H,18,21). The molecule has 4 aromatic heterocycles. The summed E-state index contributed by atoms with van der Waals surface area (Å²) in [6.07, 6.45) is 4.73. The second-order valence-corrected chi connectivity index (χ2v) is 7.03. The first-order valence-corrected chi connectivity index (χ1v) is 7.89. The van der Waals surface area contributed by atoms with Gasteiger partial charge in [-0.05, 0) is 34.1 Å². The third kappa shape index (κ3) is 1.92. The van der Waals surface area contributed by atoms with Gasteiger partial charge >= 0.3 is 5.69 Å². The lowest BCUT2D eigenvalue weighted by Crippen LogP contribution is -2.33. The maximum absolute atomic E-state index is 12.7. The SMILES string of the molecule is O=c1[nH]c2cc(Br)sc2c(=O)n1-c1cncc2cccnc12. The summed E-state index contributed by atoms with van der Waals surface area (Å²) in [5, 5.41) is 0.763. The lowest BCUT2D eigenvalue weighted by atomic mass is 10.2. The number of aromatic amines is 1. The van der Waals surface area contributed by atoms with E-state index in [2.05, 4.69) is 30.9 Å². The summed E-state index contributed by atoms with van der Waals surface area (Å²) in [6.45, 7) is 0. The van der Waals surface area contributed by atoms with Crippen molar-refractivity contribution in [2.75, 3.05) is 0 Å². The minimum Gasteiger partial charge on any atom is -0.305 e. The molecule has 0 aromatic carbocycles. The molecule has 0 saturated heterocycles. The summed E-state index contributed by atoms with van der Waals surface area (Å²) < 4.78 is 2.33. The van der Waals surface area contributed by atoms with Gasteiger partial charge in [0.2, 0.25) is 0 Å². The van der Waals surface area contributed by atoms with Crippen molar-refractivity contribution in [2.24, 2.45) is 0 Å². The van der Waals surface area contributed by atoms with Gasteiger partial charge in [-0.25, -0.2) is 9.36 Å². The number of hydrogen-bond acceptors (Lipinski definition) is 5. The molecular weight excluding hydrogens is 368 g/mol. The molecule has 0 amide bonds. The molecule has 4 rings (SSSR count). The molecule has 0 aliphatic carbocycles. The summed E-state index contributed by atoms with van der Waals surface area (Å²) in [6, 6.07) is 5.32. The van der Waals surface area contributed by atoms with Crippen molar-refractivity contribution >= 4 is 48.4 Å². The Labute approximate surface area is 135 Å². The van der Waals surface area contributed by atoms with E-state index < -0.39 is 5.69 Å². The van der Waals surface area contributed by atoms with Gasteiger partial charge in [0.05, 0.1) is 26.7 Å². The van der Waals surface area contributed by atoms with Gasteiger partial charge < -0.3 is 4.98 Å². The Morgan fingerprint density at radius 2 is 2.14 bits per heavy atom. The van der Waals surface area contributed by atoms with Gasteiger partial charge in [0.1, 0.15) is 4.70 Å². The summed E-state index contributed by atoms with van der Waals surface area (Å²) in [5.41, 5.74) is 0.553. The highest BCUT2D eigenvalue weighted by Gasteiger charge is 2.14. The zero-order valence-electron chi connectivity index (χ0n) is 10.9. The van der Waals surface area contributed by atoms with E-state index in [4.69, 9.17) is 0 Å². The van der Waals surface area contributed by atoms with E-state index in [1.54, 1.807) is 24.5 Å². The van der Waals surface area contributed by atoms with E-state index in [1.807, 2.05) is 6.07 Å². The van der Waals surface area contributed by atoms with Crippen LogP contribution < -0.4 is 11.2 Å². The smallest absolute Gasteiger partial charge is 0.305 e. The summed E-state index contributed by atoms with van der Waals surface area (Å²) in [7, 11) is 0. The Bertz CT molecular complexity index is 1140. The number of nitrogens with one attached hydrogen (secondary N) is 1. The van der Waals surface area contributed by atoms with Crippen LogP contribution in [0.25, 0.3) is 26.8 Å². The van der Waals surface area contributed by atoms with Gasteiger partial charge in [0.15, 0.2) is 0 Å². The number of pyridine rings is 2. The lowest BCUT2D eigenvalue weighted by molar-refractivity contribution is 0.902. The Kier molecular flexibility index (Phi) is 2.95. The van der Waals surface area contributed by atoms with Crippen LogP contribution in [0.4, 0.5) is 0 Å². The zero-order valence-corrected chi connectivity index (χ0v) is 13.3. The van der Waals surface area contributed by atoms with Crippen molar-refractivity contribution in [3.8, 4) is 5.69 Å². The Balaban J connectivity index is 2.17. The van der Waals surface area contributed by atoms with Gasteiger partial charge in [0, 0.05) is 17.8 Å². The quantitative estimate of drug-likeness (QED) is 0.554. The summed E-state index contributed by atoms with van der Waals surface area (Å²) >= 11 is 4.60. The third-order valence-corrected chi connectivity index (χ3v) is 4.90. The monoisotopic (exact) mass is 374 g/mol. The fourth-order valence-corrected chi connectivity index (χ4v) is 3.83. The maximum Gasteiger partial charge on any atom is 0.333 e. The Morgan fingerprint density at radius 3 is 3.00 bits per heavy atom. The molecular formula is C14H7BrN4O2S. The normalized spacial score (nSPS) is 11.3. The van der Waals surface area contributed by atoms with Gasteiger partial charge in [-0.1, -0.05) is 0 Å². The average molecular weight is 375 g/mol. The highest BCUT2D eigenvalue weighted by atomic mass is 79.9. The molecule has 4 aromatic rings. The molecule has 8 heteroatoms. The molecule has 0 radical (unpaired) electrons. The second-order valence-electron chi connectivity index (χ2n) is 4.60. The van der Waals surface area contributed by atoms with E-state index in [0.29, 0.717) is 21.4 Å². The maximum atomic E-state index is 12.7. The zero-order chi connectivity index (χ0) is 15.3. The molecule has 1 N–H and O–H groups in total. The predicted octanol–water partition coefficient (Wildman–Crippen LogP) is 2.45. The highest BCUT2D eigenvalue weighted by molar-refractivity contribution is 9.11. The molecule has 22 heavy (non-hydrogen) atoms. The first kappa shape index (κ1) is 13.4. The van der Waals surface area contributed by atoms with Crippen LogP contribution in [0, 0.1) is 0 Å². The number of halogens is 1. The predicted molar refractivity (Wildman–Crippen MR) is 88.8 cm³/mol. The molecule has 6 nitrogen and oxygen atoms in total. The molecule has 0 saturated carbocycles. The van der Waals surface area contributed by atoms with Crippen LogP contribution >= 0.6 is 27.3 Å². The minimum absolute atomic E-state index is 0.371. The van der Waals surface area contributed by atoms with Gasteiger partial charge in [-0.15, -0.1) is 11.3 Å². The molecule has 0 bridgehead atoms. The first-order chi connectivity index (χ1) is 10.6. The molecule has 0 aliphatic rings. The van der Waals surface area contributed by atoms with Gasteiger partial charge in [-0.2, -0.15) is 0 Å². The summed E-state index contributed by atoms with van der Waals surface area (Å²) in [4.78, 5) is 36.1. The number of fused-ring (bicyclic) bond motifs is 2. The average Bonchev–Trinajstić information content (AvgIpc) is 2.88. The molecule has 0 spiro atoms. The van der Waals surface area contributed by atoms with Crippen molar-refractivity contribution in [3.63, 3.8) is 0 Å². The molecule has 0 aliphatic heterocycles. The van der Waals surface area contributed by atoms with Crippen LogP contribution in [0.3, 0.4) is 0 Å². The molecule has 108 valence electrons. The van der Waals surface area contributed by atoms with Crippen LogP contribution in [0.1, 0.15) is 0 Å². The topological polar surface area (TPSA) is 80.6 Å². The van der Waals surface area contributed by atoms with Crippen molar-refractivity contribution < 1.29 is 0 Å². The van der Waals surface area contributed by atoms with Crippen molar-refractivity contribution in [1.29, 1.82) is 0 Å². The number of thiophene rings is 1. The van der Waals surface area contributed by atoms with Crippen molar-refractivity contribution in [1.82, 2.24) is 19.5 Å². The largest absolute Gasteiger partial charge is 0.333 e. The van der Waals surface area contributed by atoms with Gasteiger partial charge in [0.25, 0.3) is 5.56 Å². The molecule has 4 heterocycles. The van der Waals surface area contributed by atoms with Crippen molar-refractivity contribution in [3.05, 3.63) is 61.4 Å². The third-order valence-electron chi connectivity index (χ3n) is 3.28. The summed E-state index contributed by atoms with van der Waals surface area (Å²) in [5.74, 6) is 0.